The number of ether oxygens (including phenoxy) is 4. The van der Waals surface area contributed by atoms with E-state index in [9.17, 15) is 4.79 Å². The number of methoxy groups -OCH3 is 2. The van der Waals surface area contributed by atoms with Gasteiger partial charge < -0.3 is 24.1 Å². The highest BCUT2D eigenvalue weighted by Crippen LogP contribution is 2.45. The van der Waals surface area contributed by atoms with Crippen LogP contribution in [0.3, 0.4) is 0 Å². The minimum absolute atomic E-state index is 0.0445. The Balaban J connectivity index is 1.51. The van der Waals surface area contributed by atoms with Crippen molar-refractivity contribution in [2.75, 3.05) is 27.4 Å². The van der Waals surface area contributed by atoms with Crippen molar-refractivity contribution in [1.29, 1.82) is 0 Å². The highest BCUT2D eigenvalue weighted by molar-refractivity contribution is 6.35. The Morgan fingerprint density at radius 2 is 1.69 bits per heavy atom. The molecular formula is C37H37Cl2N3O6. The van der Waals surface area contributed by atoms with Crippen LogP contribution in [0, 0.1) is 0 Å². The molecule has 0 saturated carbocycles. The van der Waals surface area contributed by atoms with Crippen molar-refractivity contribution >= 4 is 41.1 Å². The van der Waals surface area contributed by atoms with Crippen LogP contribution in [0.15, 0.2) is 102 Å². The molecule has 0 radical (unpaired) electrons. The van der Waals surface area contributed by atoms with Crippen molar-refractivity contribution < 1.29 is 28.8 Å². The minimum atomic E-state index is -1.48. The van der Waals surface area contributed by atoms with Gasteiger partial charge in [0.1, 0.15) is 17.2 Å². The molecule has 48 heavy (non-hydrogen) atoms. The Morgan fingerprint density at radius 3 is 2.35 bits per heavy atom. The highest BCUT2D eigenvalue weighted by atomic mass is 35.5. The third-order valence-corrected chi connectivity index (χ3v) is 8.28. The molecule has 250 valence electrons. The van der Waals surface area contributed by atoms with Crippen LogP contribution in [0.5, 0.6) is 17.2 Å². The average molecular weight is 691 g/mol. The predicted octanol–water partition coefficient (Wildman–Crippen LogP) is 6.95. The zero-order valence-electron chi connectivity index (χ0n) is 26.6. The van der Waals surface area contributed by atoms with E-state index in [1.54, 1.807) is 50.6 Å². The molecule has 1 aliphatic rings. The number of hydrogen-bond donors (Lipinski definition) is 3. The van der Waals surface area contributed by atoms with Gasteiger partial charge in [0.05, 0.1) is 20.8 Å². The fourth-order valence-electron chi connectivity index (χ4n) is 5.25. The molecule has 0 spiro atoms. The summed E-state index contributed by atoms with van der Waals surface area (Å²) in [5.41, 5.74) is 7.46. The van der Waals surface area contributed by atoms with E-state index in [2.05, 4.69) is 10.9 Å². The van der Waals surface area contributed by atoms with E-state index in [0.29, 0.717) is 51.4 Å². The standard InChI is InChI=1S/C37H37Cl2N3O6/c1-45-30-20-26(21-31(23-30)46-2)24-40-42-36(44)37(17-6-10-25-8-4-3-5-9-25)34(32-16-13-28(38)22-33(32)39)48-35(41-37)27-11-14-29(15-12-27)47-19-7-18-43/h3-6,8-16,20-23,34,40,43H,7,17-19,24H2,1-2H3,(H,42,44)/b10-6+/t34-,37-/m0/s1. The number of aliphatic imine (C=N–C) groups is 1. The lowest BCUT2D eigenvalue weighted by molar-refractivity contribution is -0.129. The molecule has 1 aliphatic heterocycles. The summed E-state index contributed by atoms with van der Waals surface area (Å²) in [6, 6.07) is 27.6. The second kappa shape index (κ2) is 16.5. The maximum Gasteiger partial charge on any atom is 0.266 e. The number of carbonyl (C=O) groups is 1. The van der Waals surface area contributed by atoms with Crippen molar-refractivity contribution in [3.8, 4) is 17.2 Å². The zero-order valence-corrected chi connectivity index (χ0v) is 28.1. The summed E-state index contributed by atoms with van der Waals surface area (Å²) in [5, 5.41) is 9.88. The lowest BCUT2D eigenvalue weighted by atomic mass is 9.84. The number of hydrogen-bond acceptors (Lipinski definition) is 8. The van der Waals surface area contributed by atoms with Gasteiger partial charge in [-0.2, -0.15) is 0 Å². The molecule has 0 aromatic heterocycles. The zero-order chi connectivity index (χ0) is 33.9. The van der Waals surface area contributed by atoms with Gasteiger partial charge in [0.25, 0.3) is 5.91 Å². The maximum absolute atomic E-state index is 14.4. The van der Waals surface area contributed by atoms with Gasteiger partial charge in [-0.15, -0.1) is 0 Å². The summed E-state index contributed by atoms with van der Waals surface area (Å²) in [6.45, 7) is 0.705. The molecule has 0 fully saturated rings. The molecular weight excluding hydrogens is 653 g/mol. The Labute approximate surface area is 290 Å². The normalized spacial score (nSPS) is 17.1. The Kier molecular flexibility index (Phi) is 12.0. The second-order valence-corrected chi connectivity index (χ2v) is 11.8. The van der Waals surface area contributed by atoms with E-state index >= 15 is 0 Å². The first-order valence-electron chi connectivity index (χ1n) is 15.4. The van der Waals surface area contributed by atoms with Crippen LogP contribution in [0.2, 0.25) is 10.0 Å². The first-order chi connectivity index (χ1) is 23.3. The van der Waals surface area contributed by atoms with Crippen LogP contribution < -0.4 is 25.1 Å². The fourth-order valence-corrected chi connectivity index (χ4v) is 5.76. The van der Waals surface area contributed by atoms with Crippen LogP contribution in [-0.4, -0.2) is 49.9 Å². The van der Waals surface area contributed by atoms with Crippen LogP contribution in [0.25, 0.3) is 6.08 Å². The van der Waals surface area contributed by atoms with Crippen molar-refractivity contribution in [3.05, 3.63) is 129 Å². The third-order valence-electron chi connectivity index (χ3n) is 7.72. The fraction of sp³-hybridized carbons (Fsp3) is 0.243. The number of aliphatic hydroxyl groups is 1. The summed E-state index contributed by atoms with van der Waals surface area (Å²) in [5.74, 6) is 1.73. The molecule has 11 heteroatoms. The van der Waals surface area contributed by atoms with Gasteiger partial charge in [-0.05, 0) is 59.7 Å². The summed E-state index contributed by atoms with van der Waals surface area (Å²) in [6.07, 6.45) is 3.65. The lowest BCUT2D eigenvalue weighted by Gasteiger charge is -2.30. The van der Waals surface area contributed by atoms with Crippen molar-refractivity contribution in [1.82, 2.24) is 10.9 Å². The van der Waals surface area contributed by atoms with Gasteiger partial charge in [-0.3, -0.25) is 10.2 Å². The molecule has 5 rings (SSSR count). The molecule has 0 unspecified atom stereocenters. The average Bonchev–Trinajstić information content (AvgIpc) is 3.49. The van der Waals surface area contributed by atoms with E-state index in [1.165, 1.54) is 0 Å². The number of nitrogens with zero attached hydrogens (tertiary/aromatic N) is 1. The molecule has 0 bridgehead atoms. The number of halogens is 2. The number of hydrazine groups is 1. The maximum atomic E-state index is 14.4. The van der Waals surface area contributed by atoms with Crippen LogP contribution in [0.4, 0.5) is 0 Å². The van der Waals surface area contributed by atoms with Crippen molar-refractivity contribution in [2.24, 2.45) is 4.99 Å². The first-order valence-corrected chi connectivity index (χ1v) is 16.1. The van der Waals surface area contributed by atoms with E-state index in [4.69, 9.17) is 52.2 Å². The number of nitrogens with one attached hydrogen (secondary N) is 2. The molecule has 4 aromatic carbocycles. The number of amides is 1. The van der Waals surface area contributed by atoms with Gasteiger partial charge in [0.2, 0.25) is 5.90 Å². The molecule has 1 heterocycles. The van der Waals surface area contributed by atoms with Gasteiger partial charge in [-0.25, -0.2) is 10.4 Å². The number of rotatable bonds is 15. The van der Waals surface area contributed by atoms with Crippen LogP contribution in [-0.2, 0) is 16.1 Å². The lowest BCUT2D eigenvalue weighted by Crippen LogP contribution is -2.52. The summed E-state index contributed by atoms with van der Waals surface area (Å²) in [4.78, 5) is 19.4. The van der Waals surface area contributed by atoms with E-state index in [0.717, 1.165) is 11.1 Å². The smallest absolute Gasteiger partial charge is 0.266 e. The van der Waals surface area contributed by atoms with Crippen molar-refractivity contribution in [3.63, 3.8) is 0 Å². The molecule has 0 saturated heterocycles. The predicted molar refractivity (Wildman–Crippen MR) is 188 cm³/mol. The minimum Gasteiger partial charge on any atom is -0.497 e. The third kappa shape index (κ3) is 8.48. The van der Waals surface area contributed by atoms with Gasteiger partial charge in [0.15, 0.2) is 11.6 Å². The monoisotopic (exact) mass is 689 g/mol. The molecule has 2 atom stereocenters. The van der Waals surface area contributed by atoms with E-state index in [-0.39, 0.29) is 25.5 Å². The largest absolute Gasteiger partial charge is 0.497 e. The number of benzene rings is 4. The van der Waals surface area contributed by atoms with E-state index in [1.807, 2.05) is 66.7 Å². The number of aliphatic hydroxyl groups excluding tert-OH is 1. The molecule has 9 nitrogen and oxygen atoms in total. The SMILES string of the molecule is COc1cc(CNNC(=O)[C@@]2(C/C=C/c3ccccc3)N=C(c3ccc(OCCCO)cc3)O[C@H]2c2ccc(Cl)cc2Cl)cc(OC)c1. The van der Waals surface area contributed by atoms with Gasteiger partial charge >= 0.3 is 0 Å². The second-order valence-electron chi connectivity index (χ2n) is 11.0. The number of carbonyl (C=O) groups excluding carboxylic acids is 1. The topological polar surface area (TPSA) is 111 Å². The Morgan fingerprint density at radius 1 is 0.958 bits per heavy atom. The first kappa shape index (κ1) is 34.8. The van der Waals surface area contributed by atoms with Gasteiger partial charge in [0, 0.05) is 53.2 Å². The Bertz CT molecular complexity index is 1730. The molecule has 3 N–H and O–H groups in total. The summed E-state index contributed by atoms with van der Waals surface area (Å²) >= 11 is 13.0. The molecule has 0 aliphatic carbocycles. The van der Waals surface area contributed by atoms with Crippen LogP contribution >= 0.6 is 23.2 Å². The summed E-state index contributed by atoms with van der Waals surface area (Å²) in [7, 11) is 3.16. The molecule has 4 aromatic rings. The van der Waals surface area contributed by atoms with Crippen molar-refractivity contribution in [2.45, 2.75) is 31.0 Å². The Hall–Kier alpha value is -4.54. The van der Waals surface area contributed by atoms with E-state index < -0.39 is 17.6 Å². The highest BCUT2D eigenvalue weighted by Gasteiger charge is 2.53. The van der Waals surface area contributed by atoms with Crippen LogP contribution in [0.1, 0.15) is 41.2 Å². The van der Waals surface area contributed by atoms with Gasteiger partial charge in [-0.1, -0.05) is 71.8 Å². The molecule has 1 amide bonds. The summed E-state index contributed by atoms with van der Waals surface area (Å²) < 4.78 is 23.0. The quantitative estimate of drug-likeness (QED) is 0.0915.